The Kier molecular flexibility index (Phi) is 6.06. The summed E-state index contributed by atoms with van der Waals surface area (Å²) in [6.45, 7) is 3.49. The van der Waals surface area contributed by atoms with Crippen molar-refractivity contribution >= 4 is 11.6 Å². The molecule has 0 spiro atoms. The van der Waals surface area contributed by atoms with Crippen molar-refractivity contribution in [2.75, 3.05) is 5.32 Å². The average Bonchev–Trinajstić information content (AvgIpc) is 3.19. The SMILES string of the molecule is CCc1cc(=O)[nH]c(-c2cccc(NC(=O)c3cnn(-c4cccc(C(F)(F)F)c4)c3C)c2)n1. The van der Waals surface area contributed by atoms with Gasteiger partial charge in [0.1, 0.15) is 5.82 Å². The maximum absolute atomic E-state index is 13.1. The number of aryl methyl sites for hydroxylation is 1. The van der Waals surface area contributed by atoms with Gasteiger partial charge in [-0.1, -0.05) is 25.1 Å². The Balaban J connectivity index is 1.59. The van der Waals surface area contributed by atoms with Crippen molar-refractivity contribution in [3.63, 3.8) is 0 Å². The molecule has 0 aliphatic heterocycles. The minimum Gasteiger partial charge on any atom is -0.322 e. The number of nitrogens with one attached hydrogen (secondary N) is 2. The molecule has 4 rings (SSSR count). The van der Waals surface area contributed by atoms with E-state index in [9.17, 15) is 22.8 Å². The van der Waals surface area contributed by atoms with E-state index in [2.05, 4.69) is 20.4 Å². The molecule has 7 nitrogen and oxygen atoms in total. The zero-order chi connectivity index (χ0) is 24.5. The zero-order valence-corrected chi connectivity index (χ0v) is 18.3. The molecule has 2 N–H and O–H groups in total. The molecule has 2 aromatic carbocycles. The van der Waals surface area contributed by atoms with Gasteiger partial charge in [-0.15, -0.1) is 0 Å². The average molecular weight is 467 g/mol. The zero-order valence-electron chi connectivity index (χ0n) is 18.3. The summed E-state index contributed by atoms with van der Waals surface area (Å²) in [6.07, 6.45) is -2.58. The van der Waals surface area contributed by atoms with E-state index in [-0.39, 0.29) is 16.8 Å². The summed E-state index contributed by atoms with van der Waals surface area (Å²) < 4.78 is 40.5. The van der Waals surface area contributed by atoms with Crippen molar-refractivity contribution in [2.45, 2.75) is 26.4 Å². The lowest BCUT2D eigenvalue weighted by Gasteiger charge is -2.10. The third kappa shape index (κ3) is 4.75. The predicted molar refractivity (Wildman–Crippen MR) is 121 cm³/mol. The Labute approximate surface area is 192 Å². The van der Waals surface area contributed by atoms with Crippen LogP contribution in [0.3, 0.4) is 0 Å². The van der Waals surface area contributed by atoms with E-state index >= 15 is 0 Å². The number of hydrogen-bond donors (Lipinski definition) is 2. The molecule has 0 saturated carbocycles. The fraction of sp³-hybridized carbons (Fsp3) is 0.167. The molecule has 0 atom stereocenters. The lowest BCUT2D eigenvalue weighted by Crippen LogP contribution is -2.14. The van der Waals surface area contributed by atoms with Crippen molar-refractivity contribution in [3.8, 4) is 17.1 Å². The molecule has 0 unspecified atom stereocenters. The van der Waals surface area contributed by atoms with E-state index in [4.69, 9.17) is 0 Å². The van der Waals surface area contributed by atoms with Gasteiger partial charge in [-0.3, -0.25) is 9.59 Å². The van der Waals surface area contributed by atoms with Crippen molar-refractivity contribution in [1.29, 1.82) is 0 Å². The molecule has 0 aliphatic rings. The standard InChI is InChI=1S/C24H20F3N5O2/c1-3-17-12-21(33)31-22(29-17)15-6-4-8-18(10-15)30-23(34)20-13-28-32(14(20)2)19-9-5-7-16(11-19)24(25,26)27/h4-13H,3H2,1-2H3,(H,30,34)(H,29,31,33). The molecule has 4 aromatic rings. The Morgan fingerprint density at radius 2 is 1.88 bits per heavy atom. The van der Waals surface area contributed by atoms with E-state index < -0.39 is 17.6 Å². The van der Waals surface area contributed by atoms with Crippen LogP contribution >= 0.6 is 0 Å². The Bertz CT molecular complexity index is 1420. The minimum absolute atomic E-state index is 0.194. The number of nitrogens with zero attached hydrogens (tertiary/aromatic N) is 3. The van der Waals surface area contributed by atoms with Crippen LogP contribution in [0, 0.1) is 6.92 Å². The van der Waals surface area contributed by atoms with E-state index in [0.717, 1.165) is 12.1 Å². The number of anilines is 1. The summed E-state index contributed by atoms with van der Waals surface area (Å²) in [5, 5.41) is 6.87. The molecule has 34 heavy (non-hydrogen) atoms. The minimum atomic E-state index is -4.49. The molecule has 0 aliphatic carbocycles. The number of benzene rings is 2. The molecule has 10 heteroatoms. The molecule has 0 radical (unpaired) electrons. The fourth-order valence-electron chi connectivity index (χ4n) is 3.48. The summed E-state index contributed by atoms with van der Waals surface area (Å²) in [5.41, 5.74) is 1.43. The summed E-state index contributed by atoms with van der Waals surface area (Å²) >= 11 is 0. The second-order valence-electron chi connectivity index (χ2n) is 7.58. The number of carbonyl (C=O) groups excluding carboxylic acids is 1. The smallest absolute Gasteiger partial charge is 0.322 e. The number of hydrogen-bond acceptors (Lipinski definition) is 4. The van der Waals surface area contributed by atoms with Crippen LogP contribution in [-0.2, 0) is 12.6 Å². The van der Waals surface area contributed by atoms with Gasteiger partial charge in [-0.05, 0) is 43.7 Å². The van der Waals surface area contributed by atoms with Crippen LogP contribution in [0.4, 0.5) is 18.9 Å². The van der Waals surface area contributed by atoms with E-state index in [1.54, 1.807) is 31.2 Å². The highest BCUT2D eigenvalue weighted by molar-refractivity contribution is 6.05. The normalized spacial score (nSPS) is 11.4. The second kappa shape index (κ2) is 8.97. The summed E-state index contributed by atoms with van der Waals surface area (Å²) in [7, 11) is 0. The molecule has 2 heterocycles. The maximum atomic E-state index is 13.1. The van der Waals surface area contributed by atoms with Gasteiger partial charge in [0.2, 0.25) is 0 Å². The lowest BCUT2D eigenvalue weighted by atomic mass is 10.1. The second-order valence-corrected chi connectivity index (χ2v) is 7.58. The van der Waals surface area contributed by atoms with Gasteiger partial charge >= 0.3 is 6.18 Å². The number of alkyl halides is 3. The maximum Gasteiger partial charge on any atom is 0.416 e. The van der Waals surface area contributed by atoms with Crippen LogP contribution in [-0.4, -0.2) is 25.7 Å². The van der Waals surface area contributed by atoms with E-state index in [0.29, 0.717) is 34.9 Å². The number of aromatic amines is 1. The van der Waals surface area contributed by atoms with Gasteiger partial charge < -0.3 is 10.3 Å². The highest BCUT2D eigenvalue weighted by Gasteiger charge is 2.30. The first-order valence-electron chi connectivity index (χ1n) is 10.4. The number of aromatic nitrogens is 4. The van der Waals surface area contributed by atoms with Gasteiger partial charge in [0.05, 0.1) is 28.7 Å². The molecule has 2 aromatic heterocycles. The summed E-state index contributed by atoms with van der Waals surface area (Å²) in [6, 6.07) is 13.0. The Morgan fingerprint density at radius 3 is 2.62 bits per heavy atom. The quantitative estimate of drug-likeness (QED) is 0.443. The molecular formula is C24H20F3N5O2. The Hall–Kier alpha value is -4.21. The highest BCUT2D eigenvalue weighted by atomic mass is 19.4. The third-order valence-electron chi connectivity index (χ3n) is 5.22. The van der Waals surface area contributed by atoms with Crippen molar-refractivity contribution in [3.05, 3.63) is 93.7 Å². The van der Waals surface area contributed by atoms with Crippen LogP contribution in [0.5, 0.6) is 0 Å². The van der Waals surface area contributed by atoms with Gasteiger partial charge in [0, 0.05) is 23.0 Å². The molecule has 174 valence electrons. The van der Waals surface area contributed by atoms with Crippen LogP contribution in [0.1, 0.15) is 34.2 Å². The van der Waals surface area contributed by atoms with Crippen molar-refractivity contribution in [2.24, 2.45) is 0 Å². The predicted octanol–water partition coefficient (Wildman–Crippen LogP) is 4.76. The number of halogens is 3. The summed E-state index contributed by atoms with van der Waals surface area (Å²) in [5.74, 6) is -0.0920. The molecular weight excluding hydrogens is 447 g/mol. The van der Waals surface area contributed by atoms with Gasteiger partial charge in [0.25, 0.3) is 11.5 Å². The number of amides is 1. The lowest BCUT2D eigenvalue weighted by molar-refractivity contribution is -0.137. The first-order valence-corrected chi connectivity index (χ1v) is 10.4. The number of H-pyrrole nitrogens is 1. The van der Waals surface area contributed by atoms with Crippen molar-refractivity contribution in [1.82, 2.24) is 19.7 Å². The molecule has 0 bridgehead atoms. The van der Waals surface area contributed by atoms with Gasteiger partial charge in [0.15, 0.2) is 0 Å². The fourth-order valence-corrected chi connectivity index (χ4v) is 3.48. The van der Waals surface area contributed by atoms with Gasteiger partial charge in [-0.2, -0.15) is 18.3 Å². The summed E-state index contributed by atoms with van der Waals surface area (Å²) in [4.78, 5) is 31.9. The van der Waals surface area contributed by atoms with E-state index in [1.165, 1.54) is 29.1 Å². The van der Waals surface area contributed by atoms with Crippen LogP contribution in [0.15, 0.2) is 65.6 Å². The number of rotatable bonds is 5. The monoisotopic (exact) mass is 467 g/mol. The van der Waals surface area contributed by atoms with Crippen LogP contribution < -0.4 is 10.9 Å². The van der Waals surface area contributed by atoms with Crippen LogP contribution in [0.25, 0.3) is 17.1 Å². The first-order chi connectivity index (χ1) is 16.2. The molecule has 0 fully saturated rings. The first kappa shape index (κ1) is 23.0. The van der Waals surface area contributed by atoms with Crippen LogP contribution in [0.2, 0.25) is 0 Å². The number of carbonyl (C=O) groups is 1. The third-order valence-corrected chi connectivity index (χ3v) is 5.22. The van der Waals surface area contributed by atoms with Crippen molar-refractivity contribution < 1.29 is 18.0 Å². The van der Waals surface area contributed by atoms with E-state index in [1.807, 2.05) is 6.92 Å². The van der Waals surface area contributed by atoms with Gasteiger partial charge in [-0.25, -0.2) is 9.67 Å². The highest BCUT2D eigenvalue weighted by Crippen LogP contribution is 2.30. The topological polar surface area (TPSA) is 92.7 Å². The molecule has 1 amide bonds. The molecule has 0 saturated heterocycles. The largest absolute Gasteiger partial charge is 0.416 e. The Morgan fingerprint density at radius 1 is 1.12 bits per heavy atom.